The van der Waals surface area contributed by atoms with Crippen molar-refractivity contribution < 1.29 is 23.2 Å². The third-order valence-corrected chi connectivity index (χ3v) is 7.94. The summed E-state index contributed by atoms with van der Waals surface area (Å²) in [7, 11) is -4.01. The molecule has 0 bridgehead atoms. The highest BCUT2D eigenvalue weighted by Crippen LogP contribution is 2.26. The largest absolute Gasteiger partial charge is 0.336 e. The number of carbonyl (C=O) groups excluding carboxylic acids is 2. The molecule has 0 aromatic heterocycles. The Labute approximate surface area is 179 Å². The van der Waals surface area contributed by atoms with Crippen LogP contribution in [0, 0.1) is 0 Å². The maximum atomic E-state index is 12.8. The summed E-state index contributed by atoms with van der Waals surface area (Å²) < 4.78 is 28.3. The Hall–Kier alpha value is -1.37. The van der Waals surface area contributed by atoms with Crippen LogP contribution in [-0.2, 0) is 15.0 Å². The molecule has 0 spiro atoms. The second-order valence-electron chi connectivity index (χ2n) is 7.04. The maximum Gasteiger partial charge on any atom is 0.280 e. The SMILES string of the molecule is CSC(C)(C)C(NS(=O)(=O)N1CCN(C(=O)c2ccc(Cl)cc2)CC1)C(=O)NO. The highest BCUT2D eigenvalue weighted by atomic mass is 35.5. The molecule has 9 nitrogen and oxygen atoms in total. The number of hydroxylamine groups is 1. The van der Waals surface area contributed by atoms with Gasteiger partial charge in [0.15, 0.2) is 0 Å². The first kappa shape index (κ1) is 23.9. The van der Waals surface area contributed by atoms with Crippen LogP contribution in [0.2, 0.25) is 5.02 Å². The van der Waals surface area contributed by atoms with Gasteiger partial charge in [-0.25, -0.2) is 5.48 Å². The van der Waals surface area contributed by atoms with E-state index in [4.69, 9.17) is 16.8 Å². The molecule has 2 rings (SSSR count). The summed E-state index contributed by atoms with van der Waals surface area (Å²) in [5.41, 5.74) is 1.99. The summed E-state index contributed by atoms with van der Waals surface area (Å²) in [6, 6.07) is 5.32. The number of carbonyl (C=O) groups is 2. The molecule has 1 saturated heterocycles. The number of piperazine rings is 1. The Morgan fingerprint density at radius 3 is 2.21 bits per heavy atom. The van der Waals surface area contributed by atoms with E-state index in [1.807, 2.05) is 0 Å². The van der Waals surface area contributed by atoms with Crippen LogP contribution in [0.3, 0.4) is 0 Å². The number of amides is 2. The van der Waals surface area contributed by atoms with Gasteiger partial charge in [-0.1, -0.05) is 11.6 Å². The molecule has 1 aliphatic rings. The second-order valence-corrected chi connectivity index (χ2v) is 10.6. The monoisotopic (exact) mass is 464 g/mol. The fraction of sp³-hybridized carbons (Fsp3) is 0.529. The standard InChI is InChI=1S/C17H25ClN4O5S2/c1-17(2,28-3)14(15(23)19-25)20-29(26,27)22-10-8-21(9-11-22)16(24)12-4-6-13(18)7-5-12/h4-7,14,20,25H,8-11H2,1-3H3,(H,19,23). The minimum absolute atomic E-state index is 0.0851. The van der Waals surface area contributed by atoms with E-state index in [-0.39, 0.29) is 32.1 Å². The Kier molecular flexibility index (Phi) is 7.93. The number of thioether (sulfide) groups is 1. The Bertz CT molecular complexity index is 840. The predicted molar refractivity (Wildman–Crippen MR) is 112 cm³/mol. The van der Waals surface area contributed by atoms with Crippen LogP contribution in [0.15, 0.2) is 24.3 Å². The van der Waals surface area contributed by atoms with E-state index in [1.165, 1.54) is 21.5 Å². The van der Waals surface area contributed by atoms with Crippen LogP contribution in [0.25, 0.3) is 0 Å². The molecule has 1 atom stereocenters. The van der Waals surface area contributed by atoms with Crippen molar-refractivity contribution in [3.05, 3.63) is 34.9 Å². The topological polar surface area (TPSA) is 119 Å². The second kappa shape index (κ2) is 9.63. The van der Waals surface area contributed by atoms with Gasteiger partial charge in [-0.05, 0) is 44.4 Å². The summed E-state index contributed by atoms with van der Waals surface area (Å²) in [4.78, 5) is 26.1. The fourth-order valence-electron chi connectivity index (χ4n) is 2.82. The van der Waals surface area contributed by atoms with Gasteiger partial charge in [-0.3, -0.25) is 14.8 Å². The lowest BCUT2D eigenvalue weighted by Gasteiger charge is -2.37. The summed E-state index contributed by atoms with van der Waals surface area (Å²) in [5.74, 6) is -1.04. The average Bonchev–Trinajstić information content (AvgIpc) is 2.71. The summed E-state index contributed by atoms with van der Waals surface area (Å²) in [6.45, 7) is 3.99. The zero-order valence-electron chi connectivity index (χ0n) is 16.4. The normalized spacial score (nSPS) is 17.1. The van der Waals surface area contributed by atoms with Gasteiger partial charge >= 0.3 is 0 Å². The number of nitrogens with one attached hydrogen (secondary N) is 2. The smallest absolute Gasteiger partial charge is 0.280 e. The van der Waals surface area contributed by atoms with Gasteiger partial charge < -0.3 is 4.90 Å². The zero-order valence-corrected chi connectivity index (χ0v) is 18.8. The van der Waals surface area contributed by atoms with Crippen molar-refractivity contribution >= 4 is 45.4 Å². The quantitative estimate of drug-likeness (QED) is 0.408. The average molecular weight is 465 g/mol. The zero-order chi connectivity index (χ0) is 21.8. The molecule has 1 heterocycles. The first-order valence-corrected chi connectivity index (χ1v) is 11.9. The summed E-state index contributed by atoms with van der Waals surface area (Å²) in [5, 5.41) is 9.51. The van der Waals surface area contributed by atoms with Gasteiger partial charge in [-0.15, -0.1) is 0 Å². The van der Waals surface area contributed by atoms with Crippen molar-refractivity contribution in [2.75, 3.05) is 32.4 Å². The third kappa shape index (κ3) is 5.83. The molecule has 1 unspecified atom stereocenters. The molecular weight excluding hydrogens is 440 g/mol. The van der Waals surface area contributed by atoms with Crippen LogP contribution in [0.4, 0.5) is 0 Å². The highest BCUT2D eigenvalue weighted by molar-refractivity contribution is 8.00. The summed E-state index contributed by atoms with van der Waals surface area (Å²) >= 11 is 7.13. The molecule has 0 radical (unpaired) electrons. The molecular formula is C17H25ClN4O5S2. The van der Waals surface area contributed by atoms with Crippen molar-refractivity contribution in [1.29, 1.82) is 0 Å². The molecule has 12 heteroatoms. The van der Waals surface area contributed by atoms with E-state index in [0.717, 1.165) is 0 Å². The summed E-state index contributed by atoms with van der Waals surface area (Å²) in [6.07, 6.45) is 1.74. The van der Waals surface area contributed by atoms with Crippen molar-refractivity contribution in [2.24, 2.45) is 0 Å². The molecule has 29 heavy (non-hydrogen) atoms. The molecule has 3 N–H and O–H groups in total. The predicted octanol–water partition coefficient (Wildman–Crippen LogP) is 0.948. The minimum atomic E-state index is -4.01. The minimum Gasteiger partial charge on any atom is -0.336 e. The molecule has 0 aliphatic carbocycles. The van der Waals surface area contributed by atoms with Gasteiger partial charge in [0.1, 0.15) is 6.04 Å². The highest BCUT2D eigenvalue weighted by Gasteiger charge is 2.40. The first-order valence-electron chi connectivity index (χ1n) is 8.83. The number of hydrogen-bond acceptors (Lipinski definition) is 6. The van der Waals surface area contributed by atoms with Crippen molar-refractivity contribution in [2.45, 2.75) is 24.6 Å². The van der Waals surface area contributed by atoms with Gasteiger partial charge in [0.05, 0.1) is 0 Å². The molecule has 162 valence electrons. The third-order valence-electron chi connectivity index (χ3n) is 4.82. The van der Waals surface area contributed by atoms with E-state index < -0.39 is 26.9 Å². The van der Waals surface area contributed by atoms with E-state index in [2.05, 4.69) is 4.72 Å². The van der Waals surface area contributed by atoms with E-state index >= 15 is 0 Å². The van der Waals surface area contributed by atoms with Crippen LogP contribution < -0.4 is 10.2 Å². The van der Waals surface area contributed by atoms with E-state index in [9.17, 15) is 18.0 Å². The Morgan fingerprint density at radius 2 is 1.72 bits per heavy atom. The van der Waals surface area contributed by atoms with Gasteiger partial charge in [0, 0.05) is 41.5 Å². The van der Waals surface area contributed by atoms with Gasteiger partial charge in [0.2, 0.25) is 0 Å². The lowest BCUT2D eigenvalue weighted by atomic mass is 10.0. The Morgan fingerprint density at radius 1 is 1.17 bits per heavy atom. The van der Waals surface area contributed by atoms with Crippen LogP contribution in [0.1, 0.15) is 24.2 Å². The van der Waals surface area contributed by atoms with Crippen molar-refractivity contribution in [3.8, 4) is 0 Å². The van der Waals surface area contributed by atoms with Crippen LogP contribution >= 0.6 is 23.4 Å². The molecule has 1 aromatic carbocycles. The number of nitrogens with zero attached hydrogens (tertiary/aromatic N) is 2. The molecule has 1 aromatic rings. The molecule has 1 aliphatic heterocycles. The molecule has 0 saturated carbocycles. The molecule has 1 fully saturated rings. The molecule has 2 amide bonds. The van der Waals surface area contributed by atoms with E-state index in [0.29, 0.717) is 10.6 Å². The van der Waals surface area contributed by atoms with E-state index in [1.54, 1.807) is 49.3 Å². The first-order chi connectivity index (χ1) is 13.5. The lowest BCUT2D eigenvalue weighted by Crippen LogP contribution is -2.60. The fourth-order valence-corrected chi connectivity index (χ4v) is 4.92. The number of halogens is 1. The maximum absolute atomic E-state index is 12.8. The van der Waals surface area contributed by atoms with Crippen LogP contribution in [-0.4, -0.2) is 77.9 Å². The number of benzene rings is 1. The van der Waals surface area contributed by atoms with Crippen molar-refractivity contribution in [3.63, 3.8) is 0 Å². The Balaban J connectivity index is 2.05. The number of rotatable bonds is 7. The van der Waals surface area contributed by atoms with Crippen LogP contribution in [0.5, 0.6) is 0 Å². The van der Waals surface area contributed by atoms with Gasteiger partial charge in [-0.2, -0.15) is 29.2 Å². The van der Waals surface area contributed by atoms with Gasteiger partial charge in [0.25, 0.3) is 22.0 Å². The lowest BCUT2D eigenvalue weighted by molar-refractivity contribution is -0.131. The van der Waals surface area contributed by atoms with Crippen molar-refractivity contribution in [1.82, 2.24) is 19.4 Å². The number of hydrogen-bond donors (Lipinski definition) is 3.